The average Bonchev–Trinajstić information content (AvgIpc) is 2.39. The number of methoxy groups -OCH3 is 1. The third kappa shape index (κ3) is 2.46. The molecule has 0 fully saturated rings. The van der Waals surface area contributed by atoms with Crippen LogP contribution < -0.4 is 10.5 Å². The van der Waals surface area contributed by atoms with Gasteiger partial charge in [0.25, 0.3) is 0 Å². The third-order valence-electron chi connectivity index (χ3n) is 3.32. The first-order chi connectivity index (χ1) is 8.57. The molecule has 0 aliphatic rings. The smallest absolute Gasteiger partial charge is 0.122 e. The van der Waals surface area contributed by atoms with Crippen molar-refractivity contribution in [1.29, 1.82) is 0 Å². The molecule has 96 valence electrons. The molecule has 0 saturated carbocycles. The number of aromatic nitrogens is 1. The molecule has 3 nitrogen and oxygen atoms in total. The maximum Gasteiger partial charge on any atom is 0.122 e. The van der Waals surface area contributed by atoms with Crippen LogP contribution in [0.2, 0.25) is 0 Å². The molecular formula is C15H20N2O. The number of pyridine rings is 1. The SMILES string of the molecule is COc1ccc2ccncc2c1CC(C)(C)CN. The van der Waals surface area contributed by atoms with Crippen molar-refractivity contribution < 1.29 is 4.74 Å². The van der Waals surface area contributed by atoms with E-state index in [1.165, 1.54) is 10.9 Å². The number of hydrogen-bond acceptors (Lipinski definition) is 3. The van der Waals surface area contributed by atoms with Crippen molar-refractivity contribution in [3.05, 3.63) is 36.2 Å². The highest BCUT2D eigenvalue weighted by molar-refractivity contribution is 5.87. The van der Waals surface area contributed by atoms with Crippen LogP contribution in [0.15, 0.2) is 30.6 Å². The predicted octanol–water partition coefficient (Wildman–Crippen LogP) is 2.77. The van der Waals surface area contributed by atoms with Crippen molar-refractivity contribution in [2.24, 2.45) is 11.1 Å². The van der Waals surface area contributed by atoms with Gasteiger partial charge < -0.3 is 10.5 Å². The topological polar surface area (TPSA) is 48.1 Å². The van der Waals surface area contributed by atoms with Crippen LogP contribution in [0, 0.1) is 5.41 Å². The lowest BCUT2D eigenvalue weighted by Gasteiger charge is -2.24. The third-order valence-corrected chi connectivity index (χ3v) is 3.32. The second-order valence-electron chi connectivity index (χ2n) is 5.39. The molecule has 1 aromatic carbocycles. The van der Waals surface area contributed by atoms with Crippen LogP contribution in [0.5, 0.6) is 5.75 Å². The lowest BCUT2D eigenvalue weighted by atomic mass is 9.84. The molecule has 0 aliphatic carbocycles. The summed E-state index contributed by atoms with van der Waals surface area (Å²) in [7, 11) is 1.70. The molecule has 0 atom stereocenters. The molecule has 0 radical (unpaired) electrons. The van der Waals surface area contributed by atoms with Gasteiger partial charge in [0.2, 0.25) is 0 Å². The Bertz CT molecular complexity index is 549. The molecule has 0 saturated heterocycles. The summed E-state index contributed by atoms with van der Waals surface area (Å²) < 4.78 is 5.48. The van der Waals surface area contributed by atoms with E-state index in [4.69, 9.17) is 10.5 Å². The summed E-state index contributed by atoms with van der Waals surface area (Å²) in [6.07, 6.45) is 4.60. The summed E-state index contributed by atoms with van der Waals surface area (Å²) in [4.78, 5) is 4.22. The van der Waals surface area contributed by atoms with Gasteiger partial charge in [0.05, 0.1) is 7.11 Å². The maximum absolute atomic E-state index is 5.83. The fourth-order valence-electron chi connectivity index (χ4n) is 2.13. The van der Waals surface area contributed by atoms with Crippen LogP contribution in [0.25, 0.3) is 10.8 Å². The Balaban J connectivity index is 2.58. The summed E-state index contributed by atoms with van der Waals surface area (Å²) in [6.45, 7) is 4.98. The quantitative estimate of drug-likeness (QED) is 0.899. The Morgan fingerprint density at radius 3 is 2.72 bits per heavy atom. The highest BCUT2D eigenvalue weighted by Crippen LogP contribution is 2.32. The van der Waals surface area contributed by atoms with Crippen LogP contribution in [0.4, 0.5) is 0 Å². The molecule has 0 unspecified atom stereocenters. The fraction of sp³-hybridized carbons (Fsp3) is 0.400. The van der Waals surface area contributed by atoms with E-state index in [1.54, 1.807) is 7.11 Å². The van der Waals surface area contributed by atoms with Gasteiger partial charge in [0, 0.05) is 23.3 Å². The number of nitrogens with two attached hydrogens (primary N) is 1. The van der Waals surface area contributed by atoms with Crippen LogP contribution in [-0.2, 0) is 6.42 Å². The highest BCUT2D eigenvalue weighted by Gasteiger charge is 2.20. The number of benzene rings is 1. The van der Waals surface area contributed by atoms with Gasteiger partial charge in [-0.15, -0.1) is 0 Å². The molecule has 1 heterocycles. The Morgan fingerprint density at radius 1 is 1.28 bits per heavy atom. The minimum atomic E-state index is 0.0530. The summed E-state index contributed by atoms with van der Waals surface area (Å²) in [6, 6.07) is 6.10. The normalized spacial score (nSPS) is 11.8. The van der Waals surface area contributed by atoms with Gasteiger partial charge in [-0.1, -0.05) is 19.9 Å². The van der Waals surface area contributed by atoms with E-state index < -0.39 is 0 Å². The number of nitrogens with zero attached hydrogens (tertiary/aromatic N) is 1. The van der Waals surface area contributed by atoms with Crippen molar-refractivity contribution in [2.45, 2.75) is 20.3 Å². The van der Waals surface area contributed by atoms with Crippen LogP contribution in [-0.4, -0.2) is 18.6 Å². The fourth-order valence-corrected chi connectivity index (χ4v) is 2.13. The predicted molar refractivity (Wildman–Crippen MR) is 74.8 cm³/mol. The first-order valence-corrected chi connectivity index (χ1v) is 6.17. The second kappa shape index (κ2) is 4.94. The zero-order valence-corrected chi connectivity index (χ0v) is 11.2. The Labute approximate surface area is 108 Å². The van der Waals surface area contributed by atoms with Crippen molar-refractivity contribution in [3.63, 3.8) is 0 Å². The molecule has 0 spiro atoms. The maximum atomic E-state index is 5.83. The molecule has 2 N–H and O–H groups in total. The molecule has 0 aliphatic heterocycles. The largest absolute Gasteiger partial charge is 0.496 e. The van der Waals surface area contributed by atoms with E-state index in [9.17, 15) is 0 Å². The number of rotatable bonds is 4. The molecule has 2 rings (SSSR count). The second-order valence-corrected chi connectivity index (χ2v) is 5.39. The first kappa shape index (κ1) is 12.8. The lowest BCUT2D eigenvalue weighted by molar-refractivity contribution is 0.360. The molecular weight excluding hydrogens is 224 g/mol. The van der Waals surface area contributed by atoms with Gasteiger partial charge in [0.15, 0.2) is 0 Å². The lowest BCUT2D eigenvalue weighted by Crippen LogP contribution is -2.26. The Kier molecular flexibility index (Phi) is 3.53. The van der Waals surface area contributed by atoms with E-state index >= 15 is 0 Å². The summed E-state index contributed by atoms with van der Waals surface area (Å²) in [5.41, 5.74) is 7.08. The van der Waals surface area contributed by atoms with Gasteiger partial charge in [-0.05, 0) is 35.9 Å². The molecule has 0 bridgehead atoms. The van der Waals surface area contributed by atoms with Gasteiger partial charge in [0.1, 0.15) is 5.75 Å². The minimum Gasteiger partial charge on any atom is -0.496 e. The van der Waals surface area contributed by atoms with E-state index in [2.05, 4.69) is 24.9 Å². The number of ether oxygens (including phenoxy) is 1. The van der Waals surface area contributed by atoms with Crippen molar-refractivity contribution in [3.8, 4) is 5.75 Å². The standard InChI is InChI=1S/C15H20N2O/c1-15(2,10-16)8-12-13-9-17-7-6-11(13)4-5-14(12)18-3/h4-7,9H,8,10,16H2,1-3H3. The van der Waals surface area contributed by atoms with Gasteiger partial charge in [-0.2, -0.15) is 0 Å². The van der Waals surface area contributed by atoms with Crippen molar-refractivity contribution in [1.82, 2.24) is 4.98 Å². The van der Waals surface area contributed by atoms with E-state index in [-0.39, 0.29) is 5.41 Å². The highest BCUT2D eigenvalue weighted by atomic mass is 16.5. The summed E-state index contributed by atoms with van der Waals surface area (Å²) in [5, 5.41) is 2.34. The van der Waals surface area contributed by atoms with E-state index in [0.29, 0.717) is 6.54 Å². The van der Waals surface area contributed by atoms with Gasteiger partial charge in [-0.25, -0.2) is 0 Å². The van der Waals surface area contributed by atoms with Crippen LogP contribution in [0.1, 0.15) is 19.4 Å². The zero-order chi connectivity index (χ0) is 13.2. The molecule has 3 heteroatoms. The first-order valence-electron chi connectivity index (χ1n) is 6.17. The van der Waals surface area contributed by atoms with Crippen LogP contribution in [0.3, 0.4) is 0 Å². The van der Waals surface area contributed by atoms with Crippen molar-refractivity contribution in [2.75, 3.05) is 13.7 Å². The Hall–Kier alpha value is -1.61. The molecule has 1 aromatic heterocycles. The summed E-state index contributed by atoms with van der Waals surface area (Å²) in [5.74, 6) is 0.914. The summed E-state index contributed by atoms with van der Waals surface area (Å²) >= 11 is 0. The van der Waals surface area contributed by atoms with Gasteiger partial charge in [-0.3, -0.25) is 4.98 Å². The molecule has 0 amide bonds. The van der Waals surface area contributed by atoms with Gasteiger partial charge >= 0.3 is 0 Å². The van der Waals surface area contributed by atoms with E-state index in [0.717, 1.165) is 17.6 Å². The monoisotopic (exact) mass is 244 g/mol. The minimum absolute atomic E-state index is 0.0530. The zero-order valence-electron chi connectivity index (χ0n) is 11.2. The average molecular weight is 244 g/mol. The number of fused-ring (bicyclic) bond motifs is 1. The molecule has 18 heavy (non-hydrogen) atoms. The molecule has 2 aromatic rings. The van der Waals surface area contributed by atoms with Crippen molar-refractivity contribution >= 4 is 10.8 Å². The van der Waals surface area contributed by atoms with E-state index in [1.807, 2.05) is 24.5 Å². The van der Waals surface area contributed by atoms with Crippen LogP contribution >= 0.6 is 0 Å². The number of hydrogen-bond donors (Lipinski definition) is 1. The Morgan fingerprint density at radius 2 is 2.06 bits per heavy atom.